The maximum atomic E-state index is 12.6. The van der Waals surface area contributed by atoms with Crippen LogP contribution in [0.4, 0.5) is 11.4 Å². The molecule has 3 rings (SSSR count). The molecule has 0 aromatic heterocycles. The van der Waals surface area contributed by atoms with Gasteiger partial charge in [-0.3, -0.25) is 9.59 Å². The molecule has 1 saturated heterocycles. The van der Waals surface area contributed by atoms with E-state index in [1.54, 1.807) is 4.90 Å². The van der Waals surface area contributed by atoms with Gasteiger partial charge in [0, 0.05) is 37.6 Å². The van der Waals surface area contributed by atoms with Crippen LogP contribution < -0.4 is 10.2 Å². The van der Waals surface area contributed by atoms with Crippen LogP contribution in [0.1, 0.15) is 38.3 Å². The van der Waals surface area contributed by atoms with E-state index in [9.17, 15) is 9.59 Å². The van der Waals surface area contributed by atoms with Gasteiger partial charge in [0.15, 0.2) is 0 Å². The molecule has 154 valence electrons. The molecule has 2 aromatic rings. The highest BCUT2D eigenvalue weighted by molar-refractivity contribution is 6.04. The Labute approximate surface area is 173 Å². The quantitative estimate of drug-likeness (QED) is 0.800. The number of rotatable bonds is 4. The highest BCUT2D eigenvalue weighted by Gasteiger charge is 2.24. The number of para-hydroxylation sites is 1. The second kappa shape index (κ2) is 8.68. The van der Waals surface area contributed by atoms with Gasteiger partial charge >= 0.3 is 0 Å². The minimum absolute atomic E-state index is 0.0833. The normalized spacial score (nSPS) is 14.6. The van der Waals surface area contributed by atoms with E-state index in [2.05, 4.69) is 62.2 Å². The molecular formula is C24H31N3O2. The Morgan fingerprint density at radius 2 is 1.66 bits per heavy atom. The molecule has 1 fully saturated rings. The zero-order valence-corrected chi connectivity index (χ0v) is 17.9. The van der Waals surface area contributed by atoms with Crippen molar-refractivity contribution in [2.45, 2.75) is 39.5 Å². The van der Waals surface area contributed by atoms with Crippen molar-refractivity contribution in [2.24, 2.45) is 0 Å². The maximum Gasteiger partial charge on any atom is 0.233 e. The molecule has 0 unspecified atom stereocenters. The molecule has 1 N–H and O–H groups in total. The van der Waals surface area contributed by atoms with Gasteiger partial charge in [-0.2, -0.15) is 0 Å². The van der Waals surface area contributed by atoms with Crippen molar-refractivity contribution in [3.05, 3.63) is 59.7 Å². The van der Waals surface area contributed by atoms with Crippen molar-refractivity contribution in [2.75, 3.05) is 36.4 Å². The first-order valence-electron chi connectivity index (χ1n) is 10.2. The summed E-state index contributed by atoms with van der Waals surface area (Å²) in [5.41, 5.74) is 4.18. The number of benzene rings is 2. The Balaban J connectivity index is 1.54. The number of hydrogen-bond donors (Lipinski definition) is 1. The van der Waals surface area contributed by atoms with E-state index in [0.29, 0.717) is 13.1 Å². The summed E-state index contributed by atoms with van der Waals surface area (Å²) in [6.45, 7) is 11.2. The van der Waals surface area contributed by atoms with Crippen molar-refractivity contribution < 1.29 is 9.59 Å². The zero-order chi connectivity index (χ0) is 21.0. The van der Waals surface area contributed by atoms with Gasteiger partial charge in [0.05, 0.1) is 0 Å². The molecule has 2 aromatic carbocycles. The van der Waals surface area contributed by atoms with Crippen molar-refractivity contribution in [3.8, 4) is 0 Å². The van der Waals surface area contributed by atoms with Crippen LogP contribution in [0.5, 0.6) is 0 Å². The monoisotopic (exact) mass is 393 g/mol. The lowest BCUT2D eigenvalue weighted by molar-refractivity contribution is -0.134. The van der Waals surface area contributed by atoms with Crippen molar-refractivity contribution in [1.29, 1.82) is 0 Å². The van der Waals surface area contributed by atoms with E-state index in [-0.39, 0.29) is 23.7 Å². The van der Waals surface area contributed by atoms with Crippen LogP contribution in [0.25, 0.3) is 0 Å². The first-order valence-corrected chi connectivity index (χ1v) is 10.2. The molecule has 0 bridgehead atoms. The average Bonchev–Trinajstić information content (AvgIpc) is 2.67. The topological polar surface area (TPSA) is 52.7 Å². The number of amides is 2. The standard InChI is InChI=1S/C24H31N3O2/c1-18-8-7-9-19(16-18)26-12-14-27(15-13-26)23(29)17-22(28)25-21-11-6-5-10-20(21)24(2,3)4/h5-11,16H,12-15,17H2,1-4H3,(H,25,28). The number of piperazine rings is 1. The van der Waals surface area contributed by atoms with Gasteiger partial charge in [-0.25, -0.2) is 0 Å². The highest BCUT2D eigenvalue weighted by Crippen LogP contribution is 2.29. The number of aryl methyl sites for hydroxylation is 1. The van der Waals surface area contributed by atoms with Gasteiger partial charge in [0.1, 0.15) is 6.42 Å². The second-order valence-corrected chi connectivity index (χ2v) is 8.73. The zero-order valence-electron chi connectivity index (χ0n) is 17.9. The Kier molecular flexibility index (Phi) is 6.26. The van der Waals surface area contributed by atoms with E-state index in [0.717, 1.165) is 24.3 Å². The van der Waals surface area contributed by atoms with E-state index in [1.165, 1.54) is 11.3 Å². The first-order chi connectivity index (χ1) is 13.7. The summed E-state index contributed by atoms with van der Waals surface area (Å²) in [6, 6.07) is 16.2. The van der Waals surface area contributed by atoms with Crippen molar-refractivity contribution >= 4 is 23.2 Å². The predicted molar refractivity (Wildman–Crippen MR) is 118 cm³/mol. The third-order valence-electron chi connectivity index (χ3n) is 5.32. The molecule has 0 radical (unpaired) electrons. The van der Waals surface area contributed by atoms with Gasteiger partial charge in [0.2, 0.25) is 11.8 Å². The Hall–Kier alpha value is -2.82. The molecular weight excluding hydrogens is 362 g/mol. The van der Waals surface area contributed by atoms with E-state index in [1.807, 2.05) is 24.3 Å². The second-order valence-electron chi connectivity index (χ2n) is 8.73. The fraction of sp³-hybridized carbons (Fsp3) is 0.417. The smallest absolute Gasteiger partial charge is 0.233 e. The maximum absolute atomic E-state index is 12.6. The minimum atomic E-state index is -0.257. The summed E-state index contributed by atoms with van der Waals surface area (Å²) in [5.74, 6) is -0.368. The summed E-state index contributed by atoms with van der Waals surface area (Å²) >= 11 is 0. The number of carbonyl (C=O) groups excluding carboxylic acids is 2. The van der Waals surface area contributed by atoms with Gasteiger partial charge in [-0.05, 0) is 41.7 Å². The molecule has 1 aliphatic rings. The molecule has 1 heterocycles. The molecule has 5 nitrogen and oxygen atoms in total. The summed E-state index contributed by atoms with van der Waals surface area (Å²) < 4.78 is 0. The van der Waals surface area contributed by atoms with E-state index >= 15 is 0 Å². The molecule has 0 aliphatic carbocycles. The largest absolute Gasteiger partial charge is 0.368 e. The number of nitrogens with one attached hydrogen (secondary N) is 1. The fourth-order valence-electron chi connectivity index (χ4n) is 3.73. The summed E-state index contributed by atoms with van der Waals surface area (Å²) in [4.78, 5) is 29.2. The molecule has 0 saturated carbocycles. The van der Waals surface area contributed by atoms with Crippen LogP contribution >= 0.6 is 0 Å². The van der Waals surface area contributed by atoms with Crippen LogP contribution in [0, 0.1) is 6.92 Å². The van der Waals surface area contributed by atoms with Crippen LogP contribution in [-0.4, -0.2) is 42.9 Å². The number of nitrogens with zero attached hydrogens (tertiary/aromatic N) is 2. The highest BCUT2D eigenvalue weighted by atomic mass is 16.2. The number of carbonyl (C=O) groups is 2. The van der Waals surface area contributed by atoms with Gasteiger partial charge in [-0.15, -0.1) is 0 Å². The first kappa shape index (κ1) is 20.9. The predicted octanol–water partition coefficient (Wildman–Crippen LogP) is 3.97. The summed E-state index contributed by atoms with van der Waals surface area (Å²) in [6.07, 6.45) is -0.122. The third-order valence-corrected chi connectivity index (χ3v) is 5.32. The molecule has 2 amide bonds. The van der Waals surface area contributed by atoms with Crippen LogP contribution in [-0.2, 0) is 15.0 Å². The van der Waals surface area contributed by atoms with Gasteiger partial charge < -0.3 is 15.1 Å². The lowest BCUT2D eigenvalue weighted by Gasteiger charge is -2.36. The lowest BCUT2D eigenvalue weighted by atomic mass is 9.86. The SMILES string of the molecule is Cc1cccc(N2CCN(C(=O)CC(=O)Nc3ccccc3C(C)(C)C)CC2)c1. The molecule has 1 aliphatic heterocycles. The Morgan fingerprint density at radius 3 is 2.31 bits per heavy atom. The summed E-state index contributed by atoms with van der Waals surface area (Å²) in [5, 5.41) is 2.93. The van der Waals surface area contributed by atoms with E-state index in [4.69, 9.17) is 0 Å². The molecule has 5 heteroatoms. The molecule has 0 atom stereocenters. The fourth-order valence-corrected chi connectivity index (χ4v) is 3.73. The van der Waals surface area contributed by atoms with E-state index < -0.39 is 0 Å². The Morgan fingerprint density at radius 1 is 0.966 bits per heavy atom. The van der Waals surface area contributed by atoms with Crippen molar-refractivity contribution in [1.82, 2.24) is 4.90 Å². The minimum Gasteiger partial charge on any atom is -0.368 e. The van der Waals surface area contributed by atoms with Gasteiger partial charge in [-0.1, -0.05) is 51.1 Å². The number of anilines is 2. The van der Waals surface area contributed by atoms with Crippen LogP contribution in [0.15, 0.2) is 48.5 Å². The molecule has 0 spiro atoms. The summed E-state index contributed by atoms with van der Waals surface area (Å²) in [7, 11) is 0. The Bertz CT molecular complexity index is 878. The molecule has 29 heavy (non-hydrogen) atoms. The number of hydrogen-bond acceptors (Lipinski definition) is 3. The lowest BCUT2D eigenvalue weighted by Crippen LogP contribution is -2.49. The van der Waals surface area contributed by atoms with Crippen molar-refractivity contribution in [3.63, 3.8) is 0 Å². The third kappa shape index (κ3) is 5.37. The van der Waals surface area contributed by atoms with Crippen LogP contribution in [0.3, 0.4) is 0 Å². The van der Waals surface area contributed by atoms with Gasteiger partial charge in [0.25, 0.3) is 0 Å². The average molecular weight is 394 g/mol. The van der Waals surface area contributed by atoms with Crippen LogP contribution in [0.2, 0.25) is 0 Å².